The second-order valence-corrected chi connectivity index (χ2v) is 7.01. The first-order chi connectivity index (χ1) is 11.4. The highest BCUT2D eigenvalue weighted by molar-refractivity contribution is 7.54. The fourth-order valence-corrected chi connectivity index (χ4v) is 3.90. The molecule has 0 heterocycles. The summed E-state index contributed by atoms with van der Waals surface area (Å²) in [7, 11) is -0.206. The van der Waals surface area contributed by atoms with Crippen molar-refractivity contribution in [2.24, 2.45) is 5.92 Å². The number of hydrogen-bond donors (Lipinski definition) is 1. The SMILES string of the molecule is CCOC(=O)C(C#N)C(c1ccc(O)c(OC)c1)P(=O)(OC)OC. The summed E-state index contributed by atoms with van der Waals surface area (Å²) in [5.74, 6) is -2.32. The third kappa shape index (κ3) is 4.06. The first kappa shape index (κ1) is 20.0. The van der Waals surface area contributed by atoms with Gasteiger partial charge in [-0.3, -0.25) is 9.36 Å². The van der Waals surface area contributed by atoms with E-state index >= 15 is 0 Å². The van der Waals surface area contributed by atoms with Crippen LogP contribution in [0.25, 0.3) is 0 Å². The normalized spacial score (nSPS) is 13.6. The molecule has 132 valence electrons. The minimum Gasteiger partial charge on any atom is -0.504 e. The molecule has 0 aliphatic heterocycles. The average Bonchev–Trinajstić information content (AvgIpc) is 2.59. The van der Waals surface area contributed by atoms with E-state index in [1.54, 1.807) is 13.0 Å². The number of nitrogens with zero attached hydrogens (tertiary/aromatic N) is 1. The van der Waals surface area contributed by atoms with Crippen molar-refractivity contribution in [3.05, 3.63) is 23.8 Å². The molecular weight excluding hydrogens is 337 g/mol. The summed E-state index contributed by atoms with van der Waals surface area (Å²) < 4.78 is 32.8. The number of carbonyl (C=O) groups is 1. The van der Waals surface area contributed by atoms with Crippen LogP contribution in [-0.2, 0) is 23.1 Å². The summed E-state index contributed by atoms with van der Waals surface area (Å²) in [5, 5.41) is 19.1. The Morgan fingerprint density at radius 1 is 1.33 bits per heavy atom. The summed E-state index contributed by atoms with van der Waals surface area (Å²) in [6, 6.07) is 5.89. The molecule has 0 amide bonds. The van der Waals surface area contributed by atoms with Crippen molar-refractivity contribution in [1.82, 2.24) is 0 Å². The molecule has 0 aromatic heterocycles. The van der Waals surface area contributed by atoms with Crippen LogP contribution in [0.2, 0.25) is 0 Å². The lowest BCUT2D eigenvalue weighted by Crippen LogP contribution is -2.24. The number of ether oxygens (including phenoxy) is 2. The molecule has 1 aromatic carbocycles. The number of esters is 1. The molecule has 0 aliphatic carbocycles. The number of hydrogen-bond acceptors (Lipinski definition) is 8. The fourth-order valence-electron chi connectivity index (χ4n) is 2.22. The van der Waals surface area contributed by atoms with Crippen molar-refractivity contribution in [1.29, 1.82) is 5.26 Å². The number of methoxy groups -OCH3 is 1. The number of rotatable bonds is 8. The predicted molar refractivity (Wildman–Crippen MR) is 84.8 cm³/mol. The molecule has 0 aliphatic rings. The molecule has 0 saturated heterocycles. The monoisotopic (exact) mass is 357 g/mol. The second-order valence-electron chi connectivity index (χ2n) is 4.64. The maximum Gasteiger partial charge on any atom is 0.339 e. The summed E-state index contributed by atoms with van der Waals surface area (Å²) in [6.07, 6.45) is 0. The third-order valence-electron chi connectivity index (χ3n) is 3.39. The highest BCUT2D eigenvalue weighted by atomic mass is 31.2. The summed E-state index contributed by atoms with van der Waals surface area (Å²) in [5.41, 5.74) is -0.970. The van der Waals surface area contributed by atoms with Crippen LogP contribution < -0.4 is 4.74 Å². The Morgan fingerprint density at radius 3 is 2.42 bits per heavy atom. The smallest absolute Gasteiger partial charge is 0.339 e. The predicted octanol–water partition coefficient (Wildman–Crippen LogP) is 2.63. The summed E-state index contributed by atoms with van der Waals surface area (Å²) in [4.78, 5) is 12.1. The number of benzene rings is 1. The van der Waals surface area contributed by atoms with Gasteiger partial charge in [-0.05, 0) is 24.6 Å². The van der Waals surface area contributed by atoms with Crippen LogP contribution in [0.5, 0.6) is 11.5 Å². The van der Waals surface area contributed by atoms with Crippen molar-refractivity contribution < 1.29 is 33.0 Å². The Balaban J connectivity index is 3.52. The van der Waals surface area contributed by atoms with Crippen LogP contribution in [0.1, 0.15) is 18.1 Å². The topological polar surface area (TPSA) is 115 Å². The first-order valence-corrected chi connectivity index (χ1v) is 8.64. The van der Waals surface area contributed by atoms with E-state index in [2.05, 4.69) is 0 Å². The molecule has 24 heavy (non-hydrogen) atoms. The van der Waals surface area contributed by atoms with E-state index in [4.69, 9.17) is 18.5 Å². The van der Waals surface area contributed by atoms with E-state index < -0.39 is 25.1 Å². The molecule has 0 bridgehead atoms. The van der Waals surface area contributed by atoms with E-state index in [0.717, 1.165) is 14.2 Å². The van der Waals surface area contributed by atoms with Crippen molar-refractivity contribution >= 4 is 13.6 Å². The van der Waals surface area contributed by atoms with Gasteiger partial charge < -0.3 is 23.6 Å². The van der Waals surface area contributed by atoms with Gasteiger partial charge in [-0.1, -0.05) is 6.07 Å². The number of carbonyl (C=O) groups excluding carboxylic acids is 1. The largest absolute Gasteiger partial charge is 0.504 e. The minimum atomic E-state index is -3.87. The molecule has 0 spiro atoms. The molecule has 2 unspecified atom stereocenters. The summed E-state index contributed by atoms with van der Waals surface area (Å²) in [6.45, 7) is 1.66. The van der Waals surface area contributed by atoms with Crippen LogP contribution in [0.15, 0.2) is 18.2 Å². The van der Waals surface area contributed by atoms with Gasteiger partial charge in [0.15, 0.2) is 17.4 Å². The van der Waals surface area contributed by atoms with Gasteiger partial charge in [-0.25, -0.2) is 0 Å². The van der Waals surface area contributed by atoms with Crippen LogP contribution in [-0.4, -0.2) is 39.0 Å². The molecule has 1 aromatic rings. The average molecular weight is 357 g/mol. The zero-order valence-electron chi connectivity index (χ0n) is 13.9. The van der Waals surface area contributed by atoms with Gasteiger partial charge in [0, 0.05) is 14.2 Å². The number of phenolic OH excluding ortho intramolecular Hbond substituents is 1. The first-order valence-electron chi connectivity index (χ1n) is 7.02. The Kier molecular flexibility index (Phi) is 7.23. The number of aromatic hydroxyl groups is 1. The van der Waals surface area contributed by atoms with Crippen molar-refractivity contribution in [2.75, 3.05) is 27.9 Å². The van der Waals surface area contributed by atoms with E-state index in [-0.39, 0.29) is 23.7 Å². The zero-order valence-corrected chi connectivity index (χ0v) is 14.8. The second kappa shape index (κ2) is 8.69. The van der Waals surface area contributed by atoms with E-state index in [0.29, 0.717) is 0 Å². The van der Waals surface area contributed by atoms with Gasteiger partial charge in [-0.2, -0.15) is 5.26 Å². The van der Waals surface area contributed by atoms with Gasteiger partial charge in [0.2, 0.25) is 0 Å². The highest BCUT2D eigenvalue weighted by Gasteiger charge is 2.46. The molecule has 1 rings (SSSR count). The Morgan fingerprint density at radius 2 is 1.96 bits per heavy atom. The van der Waals surface area contributed by atoms with Crippen LogP contribution >= 0.6 is 7.60 Å². The fraction of sp³-hybridized carbons (Fsp3) is 0.467. The number of phenols is 1. The van der Waals surface area contributed by atoms with Gasteiger partial charge in [-0.15, -0.1) is 0 Å². The molecule has 2 atom stereocenters. The van der Waals surface area contributed by atoms with E-state index in [1.807, 2.05) is 0 Å². The summed E-state index contributed by atoms with van der Waals surface area (Å²) >= 11 is 0. The maximum atomic E-state index is 12.9. The molecule has 0 fully saturated rings. The van der Waals surface area contributed by atoms with Gasteiger partial charge in [0.25, 0.3) is 0 Å². The van der Waals surface area contributed by atoms with Crippen molar-refractivity contribution in [3.63, 3.8) is 0 Å². The quantitative estimate of drug-likeness (QED) is 0.558. The maximum absolute atomic E-state index is 12.9. The van der Waals surface area contributed by atoms with Crippen LogP contribution in [0.3, 0.4) is 0 Å². The highest BCUT2D eigenvalue weighted by Crippen LogP contribution is 2.63. The third-order valence-corrected chi connectivity index (χ3v) is 5.69. The standard InChI is InChI=1S/C15H20NO7P/c1-5-23-15(18)11(9-16)14(24(19,21-3)22-4)10-6-7-12(17)13(8-10)20-2/h6-8,11,14,17H,5H2,1-4H3. The van der Waals surface area contributed by atoms with E-state index in [9.17, 15) is 19.7 Å². The lowest BCUT2D eigenvalue weighted by Gasteiger charge is -2.27. The van der Waals surface area contributed by atoms with Crippen molar-refractivity contribution in [2.45, 2.75) is 12.6 Å². The molecule has 1 N–H and O–H groups in total. The lowest BCUT2D eigenvalue weighted by molar-refractivity contribution is -0.146. The Bertz CT molecular complexity index is 662. The molecule has 0 radical (unpaired) electrons. The molecule has 8 nitrogen and oxygen atoms in total. The molecular formula is C15H20NO7P. The van der Waals surface area contributed by atoms with Gasteiger partial charge >= 0.3 is 13.6 Å². The molecule has 0 saturated carbocycles. The lowest BCUT2D eigenvalue weighted by atomic mass is 9.99. The Labute approximate surface area is 140 Å². The van der Waals surface area contributed by atoms with E-state index in [1.165, 1.54) is 25.3 Å². The van der Waals surface area contributed by atoms with Crippen molar-refractivity contribution in [3.8, 4) is 17.6 Å². The van der Waals surface area contributed by atoms with Gasteiger partial charge in [0.1, 0.15) is 5.66 Å². The Hall–Kier alpha value is -2.07. The van der Waals surface area contributed by atoms with Crippen LogP contribution in [0, 0.1) is 17.2 Å². The van der Waals surface area contributed by atoms with Crippen LogP contribution in [0.4, 0.5) is 0 Å². The van der Waals surface area contributed by atoms with Gasteiger partial charge in [0.05, 0.1) is 19.8 Å². The minimum absolute atomic E-state index is 0.0624. The molecule has 9 heteroatoms. The number of nitriles is 1. The zero-order chi connectivity index (χ0) is 18.3.